The number of piperidine rings is 1. The average Bonchev–Trinajstić information content (AvgIpc) is 2.91. The number of amides is 1. The number of fused-ring (bicyclic) bond motifs is 2. The number of benzene rings is 2. The van der Waals surface area contributed by atoms with Crippen molar-refractivity contribution in [1.82, 2.24) is 4.90 Å². The summed E-state index contributed by atoms with van der Waals surface area (Å²) in [6.07, 6.45) is 3.32. The molecule has 2 aromatic rings. The number of nitrogens with zero attached hydrogens (tertiary/aromatic N) is 2. The first-order valence-electron chi connectivity index (χ1n) is 9.36. The molecule has 2 aliphatic rings. The van der Waals surface area contributed by atoms with Crippen LogP contribution >= 0.6 is 11.6 Å². The Morgan fingerprint density at radius 1 is 1.08 bits per heavy atom. The molecule has 3 nitrogen and oxygen atoms in total. The number of halogens is 1. The van der Waals surface area contributed by atoms with Crippen molar-refractivity contribution >= 4 is 23.2 Å². The van der Waals surface area contributed by atoms with E-state index in [1.807, 2.05) is 54.4 Å². The van der Waals surface area contributed by atoms with Crippen LogP contribution in [0.2, 0.25) is 5.02 Å². The lowest BCUT2D eigenvalue weighted by molar-refractivity contribution is -0.126. The van der Waals surface area contributed by atoms with E-state index < -0.39 is 0 Å². The van der Waals surface area contributed by atoms with Crippen LogP contribution in [-0.4, -0.2) is 37.0 Å². The Morgan fingerprint density at radius 2 is 1.77 bits per heavy atom. The highest BCUT2D eigenvalue weighted by atomic mass is 35.5. The molecule has 2 saturated heterocycles. The summed E-state index contributed by atoms with van der Waals surface area (Å²) in [5, 5.41) is 0.744. The van der Waals surface area contributed by atoms with Crippen LogP contribution in [0.3, 0.4) is 0 Å². The number of carbonyl (C=O) groups is 1. The van der Waals surface area contributed by atoms with Gasteiger partial charge in [-0.05, 0) is 62.1 Å². The Kier molecular flexibility index (Phi) is 4.76. The molecule has 0 saturated carbocycles. The first-order valence-corrected chi connectivity index (χ1v) is 9.74. The molecule has 136 valence electrons. The molecule has 0 unspecified atom stereocenters. The number of rotatable bonds is 3. The predicted molar refractivity (Wildman–Crippen MR) is 107 cm³/mol. The van der Waals surface area contributed by atoms with Gasteiger partial charge in [-0.25, -0.2) is 0 Å². The normalized spacial score (nSPS) is 28.1. The molecule has 0 aromatic heterocycles. The lowest BCUT2D eigenvalue weighted by Gasteiger charge is -2.43. The van der Waals surface area contributed by atoms with E-state index in [9.17, 15) is 4.79 Å². The lowest BCUT2D eigenvalue weighted by Crippen LogP contribution is -2.52. The number of carbonyl (C=O) groups excluding carboxylic acids is 1. The van der Waals surface area contributed by atoms with Crippen molar-refractivity contribution < 1.29 is 4.79 Å². The van der Waals surface area contributed by atoms with Gasteiger partial charge in [0.1, 0.15) is 0 Å². The third-order valence-corrected chi connectivity index (χ3v) is 6.58. The molecular formula is C22H25ClN2O. The van der Waals surface area contributed by atoms with Crippen LogP contribution in [0.15, 0.2) is 54.6 Å². The number of hydrogen-bond acceptors (Lipinski definition) is 2. The molecule has 0 N–H and O–H groups in total. The standard InChI is InChI=1S/C22H25ClN2O/c1-24-18-12-13-20(24)21(19(14-18)15-8-10-16(23)11-9-15)22(26)25(2)17-6-4-3-5-7-17/h3-11,18-21H,12-14H2,1-2H3/t18-,19+,20+,21-/m0/s1. The maximum absolute atomic E-state index is 13.6. The fourth-order valence-electron chi connectivity index (χ4n) is 4.86. The van der Waals surface area contributed by atoms with Gasteiger partial charge in [0, 0.05) is 29.8 Å². The van der Waals surface area contributed by atoms with Gasteiger partial charge in [-0.15, -0.1) is 0 Å². The lowest BCUT2D eigenvalue weighted by atomic mass is 9.75. The molecule has 2 aromatic carbocycles. The predicted octanol–water partition coefficient (Wildman–Crippen LogP) is 4.57. The minimum absolute atomic E-state index is 0.0230. The molecule has 4 heteroatoms. The molecule has 2 heterocycles. The third-order valence-electron chi connectivity index (χ3n) is 6.33. The van der Waals surface area contributed by atoms with Gasteiger partial charge in [0.05, 0.1) is 5.92 Å². The van der Waals surface area contributed by atoms with Crippen LogP contribution in [0.4, 0.5) is 5.69 Å². The van der Waals surface area contributed by atoms with Gasteiger partial charge >= 0.3 is 0 Å². The highest BCUT2D eigenvalue weighted by Crippen LogP contribution is 2.47. The van der Waals surface area contributed by atoms with Crippen molar-refractivity contribution in [1.29, 1.82) is 0 Å². The summed E-state index contributed by atoms with van der Waals surface area (Å²) in [5.74, 6) is 0.443. The highest BCUT2D eigenvalue weighted by Gasteiger charge is 2.49. The summed E-state index contributed by atoms with van der Waals surface area (Å²) in [6.45, 7) is 0. The second kappa shape index (κ2) is 7.05. The molecule has 0 spiro atoms. The van der Waals surface area contributed by atoms with Gasteiger partial charge < -0.3 is 4.90 Å². The SMILES string of the molecule is CN(C(=O)[C@H]1[C@@H](c2ccc(Cl)cc2)C[C@@H]2CC[C@H]1N2C)c1ccccc1. The number of anilines is 1. The summed E-state index contributed by atoms with van der Waals surface area (Å²) < 4.78 is 0. The number of hydrogen-bond donors (Lipinski definition) is 0. The molecule has 2 fully saturated rings. The Bertz CT molecular complexity index is 776. The molecule has 0 aliphatic carbocycles. The van der Waals surface area contributed by atoms with Crippen LogP contribution in [0, 0.1) is 5.92 Å². The van der Waals surface area contributed by atoms with Crippen LogP contribution in [0.1, 0.15) is 30.7 Å². The first kappa shape index (κ1) is 17.6. The fraction of sp³-hybridized carbons (Fsp3) is 0.409. The van der Waals surface area contributed by atoms with Crippen LogP contribution in [0.5, 0.6) is 0 Å². The van der Waals surface area contributed by atoms with E-state index in [1.165, 1.54) is 12.0 Å². The smallest absolute Gasteiger partial charge is 0.232 e. The van der Waals surface area contributed by atoms with Crippen molar-refractivity contribution in [3.8, 4) is 0 Å². The van der Waals surface area contributed by atoms with Crippen LogP contribution in [0.25, 0.3) is 0 Å². The van der Waals surface area contributed by atoms with E-state index in [4.69, 9.17) is 11.6 Å². The molecule has 2 aliphatic heterocycles. The minimum atomic E-state index is -0.0230. The molecule has 2 bridgehead atoms. The summed E-state index contributed by atoms with van der Waals surface area (Å²) in [5.41, 5.74) is 2.19. The summed E-state index contributed by atoms with van der Waals surface area (Å²) in [6, 6.07) is 18.9. The summed E-state index contributed by atoms with van der Waals surface area (Å²) in [4.78, 5) is 17.8. The van der Waals surface area contributed by atoms with Crippen molar-refractivity contribution in [2.24, 2.45) is 5.92 Å². The second-order valence-electron chi connectivity index (χ2n) is 7.62. The van der Waals surface area contributed by atoms with E-state index in [2.05, 4.69) is 24.1 Å². The topological polar surface area (TPSA) is 23.6 Å². The van der Waals surface area contributed by atoms with Crippen molar-refractivity contribution in [3.05, 3.63) is 65.2 Å². The van der Waals surface area contributed by atoms with Crippen LogP contribution < -0.4 is 4.90 Å². The Morgan fingerprint density at radius 3 is 2.46 bits per heavy atom. The van der Waals surface area contributed by atoms with Gasteiger partial charge in [0.2, 0.25) is 5.91 Å². The highest BCUT2D eigenvalue weighted by molar-refractivity contribution is 6.30. The zero-order valence-corrected chi connectivity index (χ0v) is 16.1. The van der Waals surface area contributed by atoms with Gasteiger partial charge in [-0.3, -0.25) is 9.69 Å². The maximum atomic E-state index is 13.6. The van der Waals surface area contributed by atoms with E-state index >= 15 is 0 Å². The Balaban J connectivity index is 1.69. The molecule has 1 amide bonds. The van der Waals surface area contributed by atoms with Gasteiger partial charge in [0.25, 0.3) is 0 Å². The van der Waals surface area contributed by atoms with Crippen molar-refractivity contribution in [3.63, 3.8) is 0 Å². The summed E-state index contributed by atoms with van der Waals surface area (Å²) in [7, 11) is 4.08. The molecule has 26 heavy (non-hydrogen) atoms. The molecular weight excluding hydrogens is 344 g/mol. The van der Waals surface area contributed by atoms with Crippen molar-refractivity contribution in [2.75, 3.05) is 19.0 Å². The zero-order chi connectivity index (χ0) is 18.3. The monoisotopic (exact) mass is 368 g/mol. The zero-order valence-electron chi connectivity index (χ0n) is 15.3. The molecule has 4 rings (SSSR count). The van der Waals surface area contributed by atoms with E-state index in [1.54, 1.807) is 0 Å². The first-order chi connectivity index (χ1) is 12.6. The van der Waals surface area contributed by atoms with Gasteiger partial charge in [0.15, 0.2) is 0 Å². The Labute approximate surface area is 160 Å². The van der Waals surface area contributed by atoms with Crippen molar-refractivity contribution in [2.45, 2.75) is 37.3 Å². The molecule has 4 atom stereocenters. The molecule has 0 radical (unpaired) electrons. The van der Waals surface area contributed by atoms with Crippen LogP contribution in [-0.2, 0) is 4.79 Å². The quantitative estimate of drug-likeness (QED) is 0.792. The average molecular weight is 369 g/mol. The van der Waals surface area contributed by atoms with Gasteiger partial charge in [-0.2, -0.15) is 0 Å². The fourth-order valence-corrected chi connectivity index (χ4v) is 4.98. The Hall–Kier alpha value is -1.84. The van der Waals surface area contributed by atoms with E-state index in [0.717, 1.165) is 23.6 Å². The number of para-hydroxylation sites is 1. The minimum Gasteiger partial charge on any atom is -0.315 e. The second-order valence-corrected chi connectivity index (χ2v) is 8.05. The van der Waals surface area contributed by atoms with E-state index in [0.29, 0.717) is 12.1 Å². The maximum Gasteiger partial charge on any atom is 0.232 e. The van der Waals surface area contributed by atoms with E-state index in [-0.39, 0.29) is 17.7 Å². The third kappa shape index (κ3) is 3.04. The summed E-state index contributed by atoms with van der Waals surface area (Å²) >= 11 is 6.09. The van der Waals surface area contributed by atoms with Gasteiger partial charge in [-0.1, -0.05) is 41.9 Å². The largest absolute Gasteiger partial charge is 0.315 e.